The quantitative estimate of drug-likeness (QED) is 0.367. The van der Waals surface area contributed by atoms with Crippen LogP contribution in [0.5, 0.6) is 0 Å². The maximum absolute atomic E-state index is 11.3. The highest BCUT2D eigenvalue weighted by molar-refractivity contribution is 6.35. The van der Waals surface area contributed by atoms with Crippen LogP contribution in [0.15, 0.2) is 18.2 Å². The van der Waals surface area contributed by atoms with E-state index < -0.39 is 11.6 Å². The number of ether oxygens (including phenoxy) is 1. The van der Waals surface area contributed by atoms with Crippen LogP contribution in [0.3, 0.4) is 0 Å². The Morgan fingerprint density at radius 2 is 1.83 bits per heavy atom. The number of aryl methyl sites for hydroxylation is 1. The van der Waals surface area contributed by atoms with Gasteiger partial charge in [0, 0.05) is 16.5 Å². The molecule has 1 unspecified atom stereocenters. The average Bonchev–Trinajstić information content (AvgIpc) is 2.57. The molecule has 0 saturated carbocycles. The molecule has 0 aliphatic rings. The van der Waals surface area contributed by atoms with Crippen molar-refractivity contribution >= 4 is 29.2 Å². The van der Waals surface area contributed by atoms with Crippen molar-refractivity contribution in [2.24, 2.45) is 0 Å². The van der Waals surface area contributed by atoms with Gasteiger partial charge in [-0.1, -0.05) is 55.0 Å². The second kappa shape index (κ2) is 10.6. The van der Waals surface area contributed by atoms with Crippen molar-refractivity contribution in [1.29, 1.82) is 5.26 Å². The summed E-state index contributed by atoms with van der Waals surface area (Å²) in [5, 5.41) is 20.1. The molecule has 6 heteroatoms. The fourth-order valence-electron chi connectivity index (χ4n) is 2.50. The summed E-state index contributed by atoms with van der Waals surface area (Å²) in [4.78, 5) is 11.3. The zero-order chi connectivity index (χ0) is 18.0. The SMILES string of the molecule is COC(=O)C(O)(C#N)CCCCCCCCc1ccc(Cl)cc1Cl. The third kappa shape index (κ3) is 6.68. The number of unbranched alkanes of at least 4 members (excludes halogenated alkanes) is 5. The van der Waals surface area contributed by atoms with Gasteiger partial charge in [0.05, 0.1) is 7.11 Å². The van der Waals surface area contributed by atoms with Crippen LogP contribution in [0.1, 0.15) is 50.5 Å². The van der Waals surface area contributed by atoms with E-state index in [0.29, 0.717) is 16.5 Å². The molecular weight excluding hydrogens is 349 g/mol. The number of halogens is 2. The first-order chi connectivity index (χ1) is 11.4. The standard InChI is InChI=1S/C18H23Cl2NO3/c1-24-17(22)18(23,13-21)11-7-5-3-2-4-6-8-14-9-10-15(19)12-16(14)20/h9-10,12,23H,2-8,11H2,1H3. The molecule has 4 nitrogen and oxygen atoms in total. The number of methoxy groups -OCH3 is 1. The molecule has 0 fully saturated rings. The number of aliphatic hydroxyl groups is 1. The van der Waals surface area contributed by atoms with Gasteiger partial charge in [-0.25, -0.2) is 4.79 Å². The molecule has 1 N–H and O–H groups in total. The number of hydrogen-bond acceptors (Lipinski definition) is 4. The van der Waals surface area contributed by atoms with Crippen LogP contribution in [-0.4, -0.2) is 23.8 Å². The molecule has 0 aromatic heterocycles. The van der Waals surface area contributed by atoms with E-state index in [4.69, 9.17) is 28.5 Å². The maximum atomic E-state index is 11.3. The Balaban J connectivity index is 2.14. The predicted molar refractivity (Wildman–Crippen MR) is 95.1 cm³/mol. The minimum absolute atomic E-state index is 0.108. The predicted octanol–water partition coefficient (Wildman–Crippen LogP) is 4.69. The molecule has 0 bridgehead atoms. The Hall–Kier alpha value is -1.28. The Kier molecular flexibility index (Phi) is 9.13. The molecule has 132 valence electrons. The summed E-state index contributed by atoms with van der Waals surface area (Å²) in [6.07, 6.45) is 6.70. The van der Waals surface area contributed by atoms with E-state index in [9.17, 15) is 9.90 Å². The first-order valence-corrected chi connectivity index (χ1v) is 8.84. The van der Waals surface area contributed by atoms with Crippen molar-refractivity contribution < 1.29 is 14.6 Å². The summed E-state index contributed by atoms with van der Waals surface area (Å²) in [5.74, 6) is -0.884. The average molecular weight is 372 g/mol. The minimum atomic E-state index is -2.01. The van der Waals surface area contributed by atoms with Crippen LogP contribution in [-0.2, 0) is 16.0 Å². The first kappa shape index (κ1) is 20.8. The van der Waals surface area contributed by atoms with Crippen LogP contribution >= 0.6 is 23.2 Å². The number of nitriles is 1. The number of esters is 1. The number of rotatable bonds is 10. The largest absolute Gasteiger partial charge is 0.466 e. The summed E-state index contributed by atoms with van der Waals surface area (Å²) in [7, 11) is 1.16. The van der Waals surface area contributed by atoms with Crippen LogP contribution < -0.4 is 0 Å². The fraction of sp³-hybridized carbons (Fsp3) is 0.556. The second-order valence-electron chi connectivity index (χ2n) is 5.82. The summed E-state index contributed by atoms with van der Waals surface area (Å²) in [5.41, 5.74) is -0.904. The van der Waals surface area contributed by atoms with Crippen molar-refractivity contribution in [3.8, 4) is 6.07 Å². The van der Waals surface area contributed by atoms with Crippen molar-refractivity contribution in [1.82, 2.24) is 0 Å². The molecule has 0 spiro atoms. The lowest BCUT2D eigenvalue weighted by molar-refractivity contribution is -0.157. The molecule has 0 saturated heterocycles. The van der Waals surface area contributed by atoms with Crippen LogP contribution in [0.25, 0.3) is 0 Å². The Bertz CT molecular complexity index is 586. The van der Waals surface area contributed by atoms with Gasteiger partial charge in [0.25, 0.3) is 0 Å². The first-order valence-electron chi connectivity index (χ1n) is 8.09. The number of nitrogens with zero attached hydrogens (tertiary/aromatic N) is 1. The van der Waals surface area contributed by atoms with Gasteiger partial charge < -0.3 is 9.84 Å². The van der Waals surface area contributed by atoms with Gasteiger partial charge in [0.15, 0.2) is 0 Å². The highest BCUT2D eigenvalue weighted by atomic mass is 35.5. The molecule has 1 aromatic rings. The van der Waals surface area contributed by atoms with Gasteiger partial charge in [-0.15, -0.1) is 0 Å². The summed E-state index contributed by atoms with van der Waals surface area (Å²) < 4.78 is 4.44. The molecule has 0 aliphatic heterocycles. The lowest BCUT2D eigenvalue weighted by Crippen LogP contribution is -2.37. The number of benzene rings is 1. The van der Waals surface area contributed by atoms with Crippen LogP contribution in [0.2, 0.25) is 10.0 Å². The monoisotopic (exact) mass is 371 g/mol. The highest BCUT2D eigenvalue weighted by Crippen LogP contribution is 2.23. The molecule has 24 heavy (non-hydrogen) atoms. The molecule has 0 heterocycles. The number of carbonyl (C=O) groups is 1. The topological polar surface area (TPSA) is 70.3 Å². The smallest absolute Gasteiger partial charge is 0.352 e. The zero-order valence-corrected chi connectivity index (χ0v) is 15.4. The van der Waals surface area contributed by atoms with Crippen LogP contribution in [0, 0.1) is 11.3 Å². The van der Waals surface area contributed by atoms with Gasteiger partial charge in [0.2, 0.25) is 5.60 Å². The second-order valence-corrected chi connectivity index (χ2v) is 6.66. The van der Waals surface area contributed by atoms with Crippen molar-refractivity contribution in [2.75, 3.05) is 7.11 Å². The fourth-order valence-corrected chi connectivity index (χ4v) is 3.00. The Morgan fingerprint density at radius 3 is 2.42 bits per heavy atom. The lowest BCUT2D eigenvalue weighted by atomic mass is 9.97. The lowest BCUT2D eigenvalue weighted by Gasteiger charge is -2.16. The third-order valence-electron chi connectivity index (χ3n) is 3.96. The van der Waals surface area contributed by atoms with Crippen molar-refractivity contribution in [3.05, 3.63) is 33.8 Å². The molecule has 1 atom stereocenters. The number of hydrogen-bond donors (Lipinski definition) is 1. The normalized spacial score (nSPS) is 13.1. The van der Waals surface area contributed by atoms with Gasteiger partial charge in [-0.3, -0.25) is 0 Å². The highest BCUT2D eigenvalue weighted by Gasteiger charge is 2.36. The van der Waals surface area contributed by atoms with Gasteiger partial charge in [-0.2, -0.15) is 5.26 Å². The van der Waals surface area contributed by atoms with E-state index in [2.05, 4.69) is 4.74 Å². The summed E-state index contributed by atoms with van der Waals surface area (Å²) in [6.45, 7) is 0. The molecule has 1 aromatic carbocycles. The Morgan fingerprint density at radius 1 is 1.21 bits per heavy atom. The Labute approximate surface area is 153 Å². The van der Waals surface area contributed by atoms with Gasteiger partial charge in [-0.05, 0) is 37.0 Å². The van der Waals surface area contributed by atoms with Crippen molar-refractivity contribution in [3.63, 3.8) is 0 Å². The summed E-state index contributed by atoms with van der Waals surface area (Å²) in [6, 6.07) is 7.19. The molecule has 0 aliphatic carbocycles. The van der Waals surface area contributed by atoms with Gasteiger partial charge >= 0.3 is 5.97 Å². The third-order valence-corrected chi connectivity index (χ3v) is 4.54. The van der Waals surface area contributed by atoms with E-state index in [1.807, 2.05) is 12.1 Å². The number of carbonyl (C=O) groups excluding carboxylic acids is 1. The zero-order valence-electron chi connectivity index (χ0n) is 13.9. The molecule has 0 radical (unpaired) electrons. The van der Waals surface area contributed by atoms with E-state index >= 15 is 0 Å². The van der Waals surface area contributed by atoms with Crippen molar-refractivity contribution in [2.45, 2.75) is 57.0 Å². The molecule has 0 amide bonds. The van der Waals surface area contributed by atoms with Gasteiger partial charge in [0.1, 0.15) is 6.07 Å². The maximum Gasteiger partial charge on any atom is 0.352 e. The summed E-state index contributed by atoms with van der Waals surface area (Å²) >= 11 is 12.0. The van der Waals surface area contributed by atoms with E-state index in [0.717, 1.165) is 51.2 Å². The van der Waals surface area contributed by atoms with E-state index in [1.165, 1.54) is 0 Å². The van der Waals surface area contributed by atoms with E-state index in [1.54, 1.807) is 12.1 Å². The molecule has 1 rings (SSSR count). The minimum Gasteiger partial charge on any atom is -0.466 e. The molecular formula is C18H23Cl2NO3. The van der Waals surface area contributed by atoms with Crippen LogP contribution in [0.4, 0.5) is 0 Å². The van der Waals surface area contributed by atoms with E-state index in [-0.39, 0.29) is 6.42 Å².